The zero-order valence-electron chi connectivity index (χ0n) is 10.7. The van der Waals surface area contributed by atoms with Gasteiger partial charge in [0, 0.05) is 27.3 Å². The molecular formula is C11H21BO4. The summed E-state index contributed by atoms with van der Waals surface area (Å²) < 4.78 is 22.0. The highest BCUT2D eigenvalue weighted by Gasteiger charge is 2.55. The van der Waals surface area contributed by atoms with Crippen LogP contribution in [-0.2, 0) is 18.9 Å². The van der Waals surface area contributed by atoms with Crippen LogP contribution in [0.5, 0.6) is 0 Å². The van der Waals surface area contributed by atoms with Crippen LogP contribution in [0.3, 0.4) is 0 Å². The summed E-state index contributed by atoms with van der Waals surface area (Å²) in [5.41, 5.74) is -0.538. The molecule has 92 valence electrons. The van der Waals surface area contributed by atoms with Gasteiger partial charge in [0.15, 0.2) is 0 Å². The topological polar surface area (TPSA) is 36.9 Å². The first-order chi connectivity index (χ1) is 7.53. The molecule has 16 heavy (non-hydrogen) atoms. The first kappa shape index (κ1) is 14.0. The van der Waals surface area contributed by atoms with Crippen LogP contribution in [0.15, 0.2) is 0 Å². The predicted octanol–water partition coefficient (Wildman–Crippen LogP) is 0.582. The minimum absolute atomic E-state index is 0.215. The number of hydrogen-bond acceptors (Lipinski definition) is 4. The molecule has 0 aromatic carbocycles. The maximum atomic E-state index is 5.92. The van der Waals surface area contributed by atoms with Crippen LogP contribution >= 0.6 is 0 Å². The van der Waals surface area contributed by atoms with E-state index >= 15 is 0 Å². The van der Waals surface area contributed by atoms with Crippen molar-refractivity contribution in [3.8, 4) is 0 Å². The molecule has 0 unspecified atom stereocenters. The zero-order valence-corrected chi connectivity index (χ0v) is 10.7. The second kappa shape index (κ2) is 5.49. The SMILES string of the molecule is [B][C@@H]1O[C@@](COC)(C(C)C)[C@@H](OC)[C@H]1OC. The standard InChI is InChI=1S/C11H21BO4/c1-7(2)11(6-13-3)9(15-5)8(14-4)10(12)16-11/h7-10H,6H2,1-5H3/t8-,9+,10-,11+/m1/s1. The summed E-state index contributed by atoms with van der Waals surface area (Å²) in [4.78, 5) is 0. The van der Waals surface area contributed by atoms with Crippen molar-refractivity contribution in [2.24, 2.45) is 5.92 Å². The highest BCUT2D eigenvalue weighted by molar-refractivity contribution is 6.11. The molecule has 0 saturated carbocycles. The molecule has 1 aliphatic heterocycles. The van der Waals surface area contributed by atoms with Gasteiger partial charge in [-0.3, -0.25) is 0 Å². The minimum atomic E-state index is -0.538. The van der Waals surface area contributed by atoms with E-state index in [4.69, 9.17) is 26.8 Å². The van der Waals surface area contributed by atoms with E-state index in [0.717, 1.165) is 0 Å². The van der Waals surface area contributed by atoms with Crippen molar-refractivity contribution in [1.29, 1.82) is 0 Å². The van der Waals surface area contributed by atoms with Crippen LogP contribution in [0.4, 0.5) is 0 Å². The molecule has 1 heterocycles. The first-order valence-electron chi connectivity index (χ1n) is 5.51. The zero-order chi connectivity index (χ0) is 12.3. The fourth-order valence-corrected chi connectivity index (χ4v) is 2.40. The van der Waals surface area contributed by atoms with Gasteiger partial charge >= 0.3 is 0 Å². The maximum absolute atomic E-state index is 5.92. The molecule has 0 bridgehead atoms. The van der Waals surface area contributed by atoms with E-state index in [9.17, 15) is 0 Å². The van der Waals surface area contributed by atoms with Crippen LogP contribution in [0.25, 0.3) is 0 Å². The molecule has 1 aliphatic rings. The molecule has 5 heteroatoms. The van der Waals surface area contributed by atoms with Gasteiger partial charge in [-0.15, -0.1) is 0 Å². The molecule has 0 N–H and O–H groups in total. The summed E-state index contributed by atoms with van der Waals surface area (Å²) in [5, 5.41) is 0. The normalized spacial score (nSPS) is 39.5. The molecule has 1 saturated heterocycles. The number of ether oxygens (including phenoxy) is 4. The molecular weight excluding hydrogens is 207 g/mol. The van der Waals surface area contributed by atoms with E-state index in [1.54, 1.807) is 21.3 Å². The van der Waals surface area contributed by atoms with Crippen molar-refractivity contribution < 1.29 is 18.9 Å². The van der Waals surface area contributed by atoms with E-state index in [1.807, 2.05) is 0 Å². The average Bonchev–Trinajstić information content (AvgIpc) is 2.51. The van der Waals surface area contributed by atoms with Gasteiger partial charge in [-0.25, -0.2) is 0 Å². The average molecular weight is 228 g/mol. The molecule has 4 atom stereocenters. The van der Waals surface area contributed by atoms with Gasteiger partial charge in [-0.2, -0.15) is 0 Å². The lowest BCUT2D eigenvalue weighted by Gasteiger charge is -2.37. The highest BCUT2D eigenvalue weighted by Crippen LogP contribution is 2.39. The van der Waals surface area contributed by atoms with Crippen molar-refractivity contribution in [1.82, 2.24) is 0 Å². The Morgan fingerprint density at radius 2 is 1.88 bits per heavy atom. The van der Waals surface area contributed by atoms with E-state index in [2.05, 4.69) is 13.8 Å². The van der Waals surface area contributed by atoms with E-state index < -0.39 is 11.6 Å². The Morgan fingerprint density at radius 1 is 1.25 bits per heavy atom. The van der Waals surface area contributed by atoms with Crippen LogP contribution < -0.4 is 0 Å². The molecule has 0 aliphatic carbocycles. The van der Waals surface area contributed by atoms with E-state index in [1.165, 1.54) is 0 Å². The third kappa shape index (κ3) is 2.14. The van der Waals surface area contributed by atoms with Gasteiger partial charge in [0.25, 0.3) is 0 Å². The molecule has 1 rings (SSSR count). The van der Waals surface area contributed by atoms with Gasteiger partial charge < -0.3 is 18.9 Å². The van der Waals surface area contributed by atoms with Gasteiger partial charge in [0.2, 0.25) is 0 Å². The smallest absolute Gasteiger partial charge is 0.122 e. The van der Waals surface area contributed by atoms with Gasteiger partial charge in [-0.05, 0) is 5.92 Å². The molecule has 0 amide bonds. The highest BCUT2D eigenvalue weighted by atomic mass is 16.6. The summed E-state index contributed by atoms with van der Waals surface area (Å²) in [6.07, 6.45) is -0.477. The Morgan fingerprint density at radius 3 is 2.25 bits per heavy atom. The summed E-state index contributed by atoms with van der Waals surface area (Å²) in [7, 11) is 10.8. The lowest BCUT2D eigenvalue weighted by Crippen LogP contribution is -2.52. The fourth-order valence-electron chi connectivity index (χ4n) is 2.40. The molecule has 0 spiro atoms. The molecule has 2 radical (unpaired) electrons. The van der Waals surface area contributed by atoms with Crippen molar-refractivity contribution >= 4 is 7.85 Å². The largest absolute Gasteiger partial charge is 0.382 e. The second-order valence-electron chi connectivity index (χ2n) is 4.48. The van der Waals surface area contributed by atoms with Crippen LogP contribution in [-0.4, -0.2) is 59.6 Å². The summed E-state index contributed by atoms with van der Waals surface area (Å²) in [6.45, 7) is 4.57. The van der Waals surface area contributed by atoms with Crippen LogP contribution in [0, 0.1) is 5.92 Å². The van der Waals surface area contributed by atoms with Crippen LogP contribution in [0.2, 0.25) is 0 Å². The van der Waals surface area contributed by atoms with Crippen molar-refractivity contribution in [3.05, 3.63) is 0 Å². The Balaban J connectivity index is 2.99. The summed E-state index contributed by atoms with van der Waals surface area (Å²) in [5.74, 6) is 0.226. The fraction of sp³-hybridized carbons (Fsp3) is 1.00. The third-order valence-corrected chi connectivity index (χ3v) is 3.33. The Labute approximate surface area is 99.0 Å². The molecule has 1 fully saturated rings. The summed E-state index contributed by atoms with van der Waals surface area (Å²) >= 11 is 0. The van der Waals surface area contributed by atoms with Crippen LogP contribution in [0.1, 0.15) is 13.8 Å². The monoisotopic (exact) mass is 228 g/mol. The van der Waals surface area contributed by atoms with Gasteiger partial charge in [0.1, 0.15) is 25.7 Å². The lowest BCUT2D eigenvalue weighted by atomic mass is 9.83. The lowest BCUT2D eigenvalue weighted by molar-refractivity contribution is -0.145. The van der Waals surface area contributed by atoms with Gasteiger partial charge in [-0.1, -0.05) is 13.8 Å². The quantitative estimate of drug-likeness (QED) is 0.645. The second-order valence-corrected chi connectivity index (χ2v) is 4.48. The molecule has 0 aromatic rings. The number of methoxy groups -OCH3 is 3. The third-order valence-electron chi connectivity index (χ3n) is 3.33. The minimum Gasteiger partial charge on any atom is -0.382 e. The van der Waals surface area contributed by atoms with Crippen molar-refractivity contribution in [3.63, 3.8) is 0 Å². The molecule has 0 aromatic heterocycles. The number of hydrogen-bond donors (Lipinski definition) is 0. The maximum Gasteiger partial charge on any atom is 0.122 e. The number of rotatable bonds is 5. The summed E-state index contributed by atoms with van der Waals surface area (Å²) in [6, 6.07) is -0.479. The first-order valence-corrected chi connectivity index (χ1v) is 5.51. The van der Waals surface area contributed by atoms with E-state index in [-0.39, 0.29) is 18.1 Å². The Kier molecular flexibility index (Phi) is 4.80. The Hall–Kier alpha value is -0.0951. The van der Waals surface area contributed by atoms with Crippen molar-refractivity contribution in [2.75, 3.05) is 27.9 Å². The van der Waals surface area contributed by atoms with Crippen molar-refractivity contribution in [2.45, 2.75) is 37.7 Å². The predicted molar refractivity (Wildman–Crippen MR) is 61.7 cm³/mol. The Bertz CT molecular complexity index is 224. The van der Waals surface area contributed by atoms with E-state index in [0.29, 0.717) is 6.61 Å². The molecule has 4 nitrogen and oxygen atoms in total. The van der Waals surface area contributed by atoms with Gasteiger partial charge in [0.05, 0.1) is 6.61 Å².